The lowest BCUT2D eigenvalue weighted by Crippen LogP contribution is -2.43. The van der Waals surface area contributed by atoms with Crippen molar-refractivity contribution in [3.05, 3.63) is 23.8 Å². The van der Waals surface area contributed by atoms with Gasteiger partial charge in [-0.25, -0.2) is 8.42 Å². The highest BCUT2D eigenvalue weighted by Gasteiger charge is 2.26. The van der Waals surface area contributed by atoms with Crippen LogP contribution in [-0.4, -0.2) is 43.2 Å². The summed E-state index contributed by atoms with van der Waals surface area (Å²) in [6, 6.07) is 2.37. The first-order chi connectivity index (χ1) is 9.33. The number of hydrogen-bond donors (Lipinski definition) is 4. The van der Waals surface area contributed by atoms with Gasteiger partial charge in [0.15, 0.2) is 0 Å². The molecule has 8 nitrogen and oxygen atoms in total. The Morgan fingerprint density at radius 1 is 1.45 bits per heavy atom. The molecule has 108 valence electrons. The lowest BCUT2D eigenvalue weighted by Gasteiger charge is -2.12. The summed E-state index contributed by atoms with van der Waals surface area (Å²) in [7, 11) is -4.09. The third kappa shape index (κ3) is 2.79. The predicted molar refractivity (Wildman–Crippen MR) is 67.6 cm³/mol. The van der Waals surface area contributed by atoms with Gasteiger partial charge in [-0.15, -0.1) is 0 Å². The average molecular weight is 300 g/mol. The largest absolute Gasteiger partial charge is 0.480 e. The van der Waals surface area contributed by atoms with E-state index in [1.807, 2.05) is 4.72 Å². The van der Waals surface area contributed by atoms with Gasteiger partial charge in [-0.3, -0.25) is 9.59 Å². The molecule has 0 radical (unpaired) electrons. The molecule has 0 saturated heterocycles. The zero-order chi connectivity index (χ0) is 14.9. The van der Waals surface area contributed by atoms with Crippen LogP contribution in [0.3, 0.4) is 0 Å². The molecule has 1 aliphatic heterocycles. The zero-order valence-corrected chi connectivity index (χ0v) is 11.0. The molecule has 2 rings (SSSR count). The topological polar surface area (TPSA) is 133 Å². The maximum Gasteiger partial charge on any atom is 0.324 e. The van der Waals surface area contributed by atoms with E-state index in [4.69, 9.17) is 10.2 Å². The number of aliphatic hydroxyl groups is 1. The molecule has 0 unspecified atom stereocenters. The van der Waals surface area contributed by atoms with E-state index in [1.54, 1.807) is 0 Å². The van der Waals surface area contributed by atoms with Crippen molar-refractivity contribution in [2.45, 2.75) is 17.4 Å². The van der Waals surface area contributed by atoms with E-state index in [1.165, 1.54) is 18.2 Å². The van der Waals surface area contributed by atoms with Crippen LogP contribution >= 0.6 is 0 Å². The smallest absolute Gasteiger partial charge is 0.324 e. The summed E-state index contributed by atoms with van der Waals surface area (Å²) < 4.78 is 25.9. The van der Waals surface area contributed by atoms with Crippen molar-refractivity contribution < 1.29 is 28.2 Å². The number of aliphatic carboxylic acids is 1. The van der Waals surface area contributed by atoms with Crippen molar-refractivity contribution in [1.29, 1.82) is 0 Å². The number of aliphatic hydroxyl groups excluding tert-OH is 1. The van der Waals surface area contributed by atoms with E-state index in [2.05, 4.69) is 5.32 Å². The Kier molecular flexibility index (Phi) is 3.75. The molecule has 1 aromatic carbocycles. The molecule has 9 heteroatoms. The molecule has 0 bridgehead atoms. The highest BCUT2D eigenvalue weighted by Crippen LogP contribution is 2.25. The maximum atomic E-state index is 12.0. The molecule has 1 aliphatic rings. The highest BCUT2D eigenvalue weighted by atomic mass is 32.2. The number of carbonyl (C=O) groups is 2. The number of rotatable bonds is 5. The first-order valence-corrected chi connectivity index (χ1v) is 7.10. The van der Waals surface area contributed by atoms with E-state index < -0.39 is 28.6 Å². The van der Waals surface area contributed by atoms with Gasteiger partial charge in [0.05, 0.1) is 17.9 Å². The van der Waals surface area contributed by atoms with Crippen LogP contribution in [0, 0.1) is 0 Å². The Morgan fingerprint density at radius 2 is 2.15 bits per heavy atom. The van der Waals surface area contributed by atoms with Gasteiger partial charge in [0.25, 0.3) is 0 Å². The number of amides is 1. The Morgan fingerprint density at radius 3 is 2.75 bits per heavy atom. The van der Waals surface area contributed by atoms with Gasteiger partial charge in [-0.05, 0) is 23.8 Å². The van der Waals surface area contributed by atoms with Crippen LogP contribution in [0.25, 0.3) is 0 Å². The second-order valence-electron chi connectivity index (χ2n) is 4.24. The second-order valence-corrected chi connectivity index (χ2v) is 5.95. The maximum absolute atomic E-state index is 12.0. The van der Waals surface area contributed by atoms with E-state index in [-0.39, 0.29) is 17.2 Å². The van der Waals surface area contributed by atoms with Gasteiger partial charge in [0.2, 0.25) is 15.9 Å². The van der Waals surface area contributed by atoms with Gasteiger partial charge in [-0.2, -0.15) is 4.72 Å². The lowest BCUT2D eigenvalue weighted by atomic mass is 10.2. The van der Waals surface area contributed by atoms with E-state index in [0.717, 1.165) is 0 Å². The first kappa shape index (κ1) is 14.4. The molecule has 0 aromatic heterocycles. The Balaban J connectivity index is 2.29. The Hall–Kier alpha value is -1.97. The van der Waals surface area contributed by atoms with Crippen LogP contribution < -0.4 is 10.0 Å². The van der Waals surface area contributed by atoms with Gasteiger partial charge in [0, 0.05) is 5.69 Å². The Bertz CT molecular complexity index is 669. The first-order valence-electron chi connectivity index (χ1n) is 5.62. The van der Waals surface area contributed by atoms with Crippen molar-refractivity contribution in [3.8, 4) is 0 Å². The SMILES string of the molecule is O=C1Cc2cc(S(=O)(=O)N[C@H](CO)C(=O)O)ccc2N1. The van der Waals surface area contributed by atoms with E-state index in [0.29, 0.717) is 11.3 Å². The number of carboxylic acid groups (broad SMARTS) is 1. The van der Waals surface area contributed by atoms with Crippen molar-refractivity contribution in [2.24, 2.45) is 0 Å². The minimum absolute atomic E-state index is 0.0705. The minimum atomic E-state index is -4.09. The fraction of sp³-hybridized carbons (Fsp3) is 0.273. The molecule has 1 aromatic rings. The summed E-state index contributed by atoms with van der Waals surface area (Å²) in [4.78, 5) is 21.8. The third-order valence-corrected chi connectivity index (χ3v) is 4.26. The molecule has 0 saturated carbocycles. The fourth-order valence-electron chi connectivity index (χ4n) is 1.79. The number of benzene rings is 1. The summed E-state index contributed by atoms with van der Waals surface area (Å²) in [5.41, 5.74) is 1.06. The standard InChI is InChI=1S/C11H12N2O6S/c14-5-9(11(16)17)13-20(18,19)7-1-2-8-6(3-7)4-10(15)12-8/h1-3,9,13-14H,4-5H2,(H,12,15)(H,16,17)/t9-/m1/s1. The number of carbonyl (C=O) groups excluding carboxylic acids is 1. The summed E-state index contributed by atoms with van der Waals surface area (Å²) in [5, 5.41) is 20.1. The third-order valence-electron chi connectivity index (χ3n) is 2.79. The number of sulfonamides is 1. The molecule has 1 amide bonds. The van der Waals surface area contributed by atoms with Crippen LogP contribution in [-0.2, 0) is 26.0 Å². The van der Waals surface area contributed by atoms with Gasteiger partial charge < -0.3 is 15.5 Å². The van der Waals surface area contributed by atoms with E-state index in [9.17, 15) is 18.0 Å². The highest BCUT2D eigenvalue weighted by molar-refractivity contribution is 7.89. The van der Waals surface area contributed by atoms with E-state index >= 15 is 0 Å². The minimum Gasteiger partial charge on any atom is -0.480 e. The summed E-state index contributed by atoms with van der Waals surface area (Å²) in [5.74, 6) is -1.71. The van der Waals surface area contributed by atoms with Gasteiger partial charge >= 0.3 is 5.97 Å². The van der Waals surface area contributed by atoms with Crippen molar-refractivity contribution in [2.75, 3.05) is 11.9 Å². The van der Waals surface area contributed by atoms with Gasteiger partial charge in [0.1, 0.15) is 6.04 Å². The number of nitrogens with one attached hydrogen (secondary N) is 2. The second kappa shape index (κ2) is 5.19. The summed E-state index contributed by atoms with van der Waals surface area (Å²) in [6.45, 7) is -0.862. The Labute approximate surface area is 114 Å². The van der Waals surface area contributed by atoms with Crippen LogP contribution in [0.4, 0.5) is 5.69 Å². The van der Waals surface area contributed by atoms with Crippen LogP contribution in [0.15, 0.2) is 23.1 Å². The monoisotopic (exact) mass is 300 g/mol. The van der Waals surface area contributed by atoms with Crippen molar-refractivity contribution in [1.82, 2.24) is 4.72 Å². The molecule has 1 atom stereocenters. The predicted octanol–water partition coefficient (Wildman–Crippen LogP) is -1.09. The molecule has 0 aliphatic carbocycles. The fourth-order valence-corrected chi connectivity index (χ4v) is 3.02. The molecule has 0 spiro atoms. The quantitative estimate of drug-likeness (QED) is 0.546. The molecule has 1 heterocycles. The molecular weight excluding hydrogens is 288 g/mol. The van der Waals surface area contributed by atoms with Crippen LogP contribution in [0.2, 0.25) is 0 Å². The van der Waals surface area contributed by atoms with Crippen molar-refractivity contribution in [3.63, 3.8) is 0 Å². The number of fused-ring (bicyclic) bond motifs is 1. The number of hydrogen-bond acceptors (Lipinski definition) is 5. The van der Waals surface area contributed by atoms with Crippen LogP contribution in [0.5, 0.6) is 0 Å². The zero-order valence-electron chi connectivity index (χ0n) is 10.2. The molecule has 20 heavy (non-hydrogen) atoms. The average Bonchev–Trinajstić information content (AvgIpc) is 2.74. The molecular formula is C11H12N2O6S. The number of anilines is 1. The molecule has 4 N–H and O–H groups in total. The molecule has 0 fully saturated rings. The van der Waals surface area contributed by atoms with Crippen LogP contribution in [0.1, 0.15) is 5.56 Å². The van der Waals surface area contributed by atoms with Gasteiger partial charge in [-0.1, -0.05) is 0 Å². The number of carboxylic acids is 1. The summed E-state index contributed by atoms with van der Waals surface area (Å²) in [6.07, 6.45) is 0.0705. The summed E-state index contributed by atoms with van der Waals surface area (Å²) >= 11 is 0. The van der Waals surface area contributed by atoms with Crippen molar-refractivity contribution >= 4 is 27.6 Å². The lowest BCUT2D eigenvalue weighted by molar-refractivity contribution is -0.139. The normalized spacial score (nSPS) is 15.6.